The average molecular weight is 911 g/mol. The molecule has 0 bridgehead atoms. The summed E-state index contributed by atoms with van der Waals surface area (Å²) in [5.41, 5.74) is -1.56. The van der Waals surface area contributed by atoms with E-state index in [-0.39, 0.29) is 17.0 Å². The highest BCUT2D eigenvalue weighted by molar-refractivity contribution is 14.1. The summed E-state index contributed by atoms with van der Waals surface area (Å²) in [6.07, 6.45) is 0. The number of nitrogens with zero attached hydrogens (tertiary/aromatic N) is 1. The van der Waals surface area contributed by atoms with Crippen LogP contribution in [0.25, 0.3) is 0 Å². The van der Waals surface area contributed by atoms with Crippen LogP contribution in [-0.4, -0.2) is 35.0 Å². The van der Waals surface area contributed by atoms with Crippen LogP contribution in [0.1, 0.15) is 44.4 Å². The molecule has 0 aliphatic rings. The lowest BCUT2D eigenvalue weighted by Crippen LogP contribution is -3.00. The van der Waals surface area contributed by atoms with Gasteiger partial charge in [0.2, 0.25) is 0 Å². The first-order valence-corrected chi connectivity index (χ1v) is 13.4. The molecule has 0 aromatic heterocycles. The summed E-state index contributed by atoms with van der Waals surface area (Å²) in [6.45, 7) is 14.2. The standard InChI is InChI=1S/C12F3I3.C8H20N.CHCl3.BrH/c13-10-7(1-4-16)11(14)9(3-6-18)12(15)8(10)2-5-17;1-5-9(6-2,7-3)8-4;2-1(3)4;/h;5-8H2,1-4H3;1H;1H/q;+1;;/p-1. The van der Waals surface area contributed by atoms with Crippen molar-refractivity contribution in [3.05, 3.63) is 34.1 Å². The van der Waals surface area contributed by atoms with Crippen molar-refractivity contribution in [3.63, 3.8) is 0 Å². The predicted molar refractivity (Wildman–Crippen MR) is 153 cm³/mol. The van der Waals surface area contributed by atoms with Crippen LogP contribution in [0, 0.1) is 47.0 Å². The third kappa shape index (κ3) is 13.3. The maximum Gasteiger partial charge on any atom is 0.180 e. The van der Waals surface area contributed by atoms with E-state index in [0.717, 1.165) is 0 Å². The van der Waals surface area contributed by atoms with Gasteiger partial charge in [0.05, 0.1) is 42.9 Å². The molecular weight excluding hydrogens is 890 g/mol. The summed E-state index contributed by atoms with van der Waals surface area (Å²) in [4.78, 5) is 0. The molecule has 0 amide bonds. The van der Waals surface area contributed by atoms with Crippen molar-refractivity contribution < 1.29 is 34.6 Å². The summed E-state index contributed by atoms with van der Waals surface area (Å²) >= 11 is 19.3. The zero-order chi connectivity index (χ0) is 24.6. The summed E-state index contributed by atoms with van der Waals surface area (Å²) in [5.74, 6) is 3.45. The smallest absolute Gasteiger partial charge is 0.180 e. The Morgan fingerprint density at radius 1 is 0.656 bits per heavy atom. The van der Waals surface area contributed by atoms with Crippen LogP contribution in [0.3, 0.4) is 0 Å². The predicted octanol–water partition coefficient (Wildman–Crippen LogP) is 5.21. The molecule has 32 heavy (non-hydrogen) atoms. The second-order valence-corrected chi connectivity index (χ2v) is 9.18. The molecule has 0 aliphatic heterocycles. The van der Waals surface area contributed by atoms with Crippen LogP contribution in [0.15, 0.2) is 0 Å². The normalized spacial score (nSPS) is 9.19. The number of alkyl halides is 3. The van der Waals surface area contributed by atoms with Crippen molar-refractivity contribution in [2.24, 2.45) is 0 Å². The van der Waals surface area contributed by atoms with E-state index in [1.807, 2.05) is 0 Å². The second kappa shape index (κ2) is 21.5. The first-order chi connectivity index (χ1) is 14.6. The SMILES string of the molecule is CC[N+](CC)(CC)CC.ClC(Cl)Cl.Fc1c(C#CI)c(F)c(C#CI)c(F)c1C#CI.[Br-]. The lowest BCUT2D eigenvalue weighted by molar-refractivity contribution is -0.921. The number of benzene rings is 1. The van der Waals surface area contributed by atoms with Crippen molar-refractivity contribution in [2.45, 2.75) is 32.0 Å². The topological polar surface area (TPSA) is 0 Å². The number of quaternary nitrogens is 1. The van der Waals surface area contributed by atoms with Crippen LogP contribution in [-0.2, 0) is 0 Å². The van der Waals surface area contributed by atoms with Crippen molar-refractivity contribution >= 4 is 103 Å². The molecule has 0 saturated carbocycles. The van der Waals surface area contributed by atoms with Gasteiger partial charge in [0, 0.05) is 67.8 Å². The molecular formula is C21H21BrCl3F3I3N. The minimum absolute atomic E-state index is 0. The summed E-state index contributed by atoms with van der Waals surface area (Å²) in [6, 6.07) is 0. The van der Waals surface area contributed by atoms with Crippen molar-refractivity contribution in [1.82, 2.24) is 0 Å². The number of halogens is 10. The zero-order valence-electron chi connectivity index (χ0n) is 17.6. The minimum Gasteiger partial charge on any atom is -1.00 e. The first kappa shape index (κ1) is 37.7. The molecule has 0 radical (unpaired) electrons. The van der Waals surface area contributed by atoms with E-state index in [0.29, 0.717) is 0 Å². The lowest BCUT2D eigenvalue weighted by atomic mass is 10.0. The lowest BCUT2D eigenvalue weighted by Gasteiger charge is -2.34. The fourth-order valence-corrected chi connectivity index (χ4v) is 3.29. The maximum absolute atomic E-state index is 13.8. The quantitative estimate of drug-likeness (QED) is 0.169. The van der Waals surface area contributed by atoms with Gasteiger partial charge in [-0.1, -0.05) is 34.8 Å². The summed E-state index contributed by atoms with van der Waals surface area (Å²) < 4.78 is 49.1. The highest BCUT2D eigenvalue weighted by Gasteiger charge is 2.22. The monoisotopic (exact) mass is 909 g/mol. The molecule has 0 saturated heterocycles. The Morgan fingerprint density at radius 3 is 0.938 bits per heavy atom. The number of hydrogen-bond donors (Lipinski definition) is 0. The molecule has 0 fully saturated rings. The highest BCUT2D eigenvalue weighted by Crippen LogP contribution is 2.24. The second-order valence-electron chi connectivity index (χ2n) is 5.58. The van der Waals surface area contributed by atoms with Gasteiger partial charge < -0.3 is 21.5 Å². The molecule has 0 unspecified atom stereocenters. The molecule has 1 aromatic rings. The largest absolute Gasteiger partial charge is 1.00 e. The van der Waals surface area contributed by atoms with E-state index in [4.69, 9.17) is 34.8 Å². The van der Waals surface area contributed by atoms with Crippen LogP contribution in [0.2, 0.25) is 0 Å². The van der Waals surface area contributed by atoms with E-state index in [1.165, 1.54) is 30.7 Å². The van der Waals surface area contributed by atoms with Gasteiger partial charge in [0.25, 0.3) is 0 Å². The first-order valence-electron chi connectivity index (χ1n) is 8.88. The van der Waals surface area contributed by atoms with Gasteiger partial charge in [-0.15, -0.1) is 0 Å². The Bertz CT molecular complexity index is 758. The number of hydrogen-bond acceptors (Lipinski definition) is 0. The minimum atomic E-state index is -1.10. The molecule has 1 rings (SSSR count). The van der Waals surface area contributed by atoms with Gasteiger partial charge in [-0.3, -0.25) is 0 Å². The van der Waals surface area contributed by atoms with Gasteiger partial charge in [-0.25, -0.2) is 13.2 Å². The van der Waals surface area contributed by atoms with Crippen LogP contribution in [0.5, 0.6) is 0 Å². The summed E-state index contributed by atoms with van der Waals surface area (Å²) in [7, 11) is 0. The third-order valence-electron chi connectivity index (χ3n) is 4.52. The van der Waals surface area contributed by atoms with E-state index in [2.05, 4.69) is 57.2 Å². The van der Waals surface area contributed by atoms with E-state index < -0.39 is 38.4 Å². The Morgan fingerprint density at radius 2 is 0.844 bits per heavy atom. The van der Waals surface area contributed by atoms with Crippen molar-refractivity contribution in [2.75, 3.05) is 26.2 Å². The van der Waals surface area contributed by atoms with Crippen molar-refractivity contribution in [3.8, 4) is 29.5 Å². The fourth-order valence-electron chi connectivity index (χ4n) is 2.48. The van der Waals surface area contributed by atoms with Crippen LogP contribution >= 0.6 is 103 Å². The van der Waals surface area contributed by atoms with Gasteiger partial charge in [0.1, 0.15) is 0 Å². The van der Waals surface area contributed by atoms with E-state index in [9.17, 15) is 13.2 Å². The average Bonchev–Trinajstić information content (AvgIpc) is 2.74. The maximum atomic E-state index is 13.8. The van der Waals surface area contributed by atoms with Gasteiger partial charge >= 0.3 is 0 Å². The van der Waals surface area contributed by atoms with Gasteiger partial charge in [-0.05, 0) is 57.2 Å². The molecule has 0 atom stereocenters. The molecule has 180 valence electrons. The highest BCUT2D eigenvalue weighted by atomic mass is 127. The van der Waals surface area contributed by atoms with E-state index >= 15 is 0 Å². The van der Waals surface area contributed by atoms with E-state index in [1.54, 1.807) is 67.8 Å². The molecule has 0 N–H and O–H groups in total. The molecule has 0 heterocycles. The molecule has 0 spiro atoms. The Labute approximate surface area is 256 Å². The van der Waals surface area contributed by atoms with Crippen molar-refractivity contribution in [1.29, 1.82) is 0 Å². The van der Waals surface area contributed by atoms with Crippen LogP contribution in [0.4, 0.5) is 13.2 Å². The molecule has 0 aliphatic carbocycles. The molecule has 1 nitrogen and oxygen atoms in total. The summed E-state index contributed by atoms with van der Waals surface area (Å²) in [5, 5.41) is 0. The zero-order valence-corrected chi connectivity index (χ0v) is 28.0. The van der Waals surface area contributed by atoms with Crippen LogP contribution < -0.4 is 17.0 Å². The fraction of sp³-hybridized carbons (Fsp3) is 0.429. The molecule has 11 heteroatoms. The number of rotatable bonds is 4. The Balaban J connectivity index is -0.000000505. The third-order valence-corrected chi connectivity index (χ3v) is 5.33. The Kier molecular flexibility index (Phi) is 25.3. The molecule has 1 aromatic carbocycles. The Hall–Kier alpha value is 1.19. The van der Waals surface area contributed by atoms with Gasteiger partial charge in [-0.2, -0.15) is 0 Å². The van der Waals surface area contributed by atoms with Gasteiger partial charge in [0.15, 0.2) is 21.7 Å².